The number of aliphatic hydroxyl groups is 1. The molecule has 2 N–H and O–H groups in total. The van der Waals surface area contributed by atoms with Crippen molar-refractivity contribution in [1.82, 2.24) is 5.32 Å². The number of benzene rings is 1. The quantitative estimate of drug-likeness (QED) is 0.875. The summed E-state index contributed by atoms with van der Waals surface area (Å²) in [5, 5.41) is 12.1. The van der Waals surface area contributed by atoms with Crippen molar-refractivity contribution in [3.05, 3.63) is 35.4 Å². The van der Waals surface area contributed by atoms with Gasteiger partial charge in [-0.3, -0.25) is 4.79 Å². The number of carbonyl (C=O) groups is 1. The fraction of sp³-hybridized carbons (Fsp3) is 0.500. The molecule has 1 aromatic rings. The van der Waals surface area contributed by atoms with Crippen molar-refractivity contribution in [2.75, 3.05) is 6.54 Å². The first-order valence-electron chi connectivity index (χ1n) is 6.43. The van der Waals surface area contributed by atoms with Crippen LogP contribution >= 0.6 is 0 Å². The Hall–Kier alpha value is -1.49. The van der Waals surface area contributed by atoms with Crippen molar-refractivity contribution in [1.29, 1.82) is 0 Å². The molecule has 0 radical (unpaired) electrons. The second kappa shape index (κ2) is 6.10. The molecule has 2 atom stereocenters. The molecule has 0 aliphatic heterocycles. The highest BCUT2D eigenvalue weighted by Crippen LogP contribution is 2.24. The van der Waals surface area contributed by atoms with Gasteiger partial charge in [0.2, 0.25) is 5.91 Å². The SMILES string of the molecule is O=C(Cc1ccc(F)c(F)c1)NCC1CCC(O)C1. The van der Waals surface area contributed by atoms with Crippen LogP contribution in [0.15, 0.2) is 18.2 Å². The van der Waals surface area contributed by atoms with Crippen molar-refractivity contribution in [3.8, 4) is 0 Å². The Morgan fingerprint density at radius 3 is 2.74 bits per heavy atom. The van der Waals surface area contributed by atoms with Gasteiger partial charge in [0, 0.05) is 6.54 Å². The lowest BCUT2D eigenvalue weighted by molar-refractivity contribution is -0.120. The molecule has 2 rings (SSSR count). The van der Waals surface area contributed by atoms with Gasteiger partial charge in [0.15, 0.2) is 11.6 Å². The summed E-state index contributed by atoms with van der Waals surface area (Å²) < 4.78 is 25.7. The van der Waals surface area contributed by atoms with E-state index in [2.05, 4.69) is 5.32 Å². The largest absolute Gasteiger partial charge is 0.393 e. The lowest BCUT2D eigenvalue weighted by atomic mass is 10.1. The topological polar surface area (TPSA) is 49.3 Å². The number of hydrogen-bond donors (Lipinski definition) is 2. The lowest BCUT2D eigenvalue weighted by Gasteiger charge is -2.11. The van der Waals surface area contributed by atoms with Gasteiger partial charge in [-0.1, -0.05) is 6.07 Å². The van der Waals surface area contributed by atoms with Crippen molar-refractivity contribution in [2.24, 2.45) is 5.92 Å². The summed E-state index contributed by atoms with van der Waals surface area (Å²) in [4.78, 5) is 11.7. The van der Waals surface area contributed by atoms with E-state index in [1.54, 1.807) is 0 Å². The maximum atomic E-state index is 13.0. The maximum Gasteiger partial charge on any atom is 0.224 e. The average molecular weight is 269 g/mol. The van der Waals surface area contributed by atoms with Gasteiger partial charge in [-0.15, -0.1) is 0 Å². The van der Waals surface area contributed by atoms with Crippen LogP contribution < -0.4 is 5.32 Å². The van der Waals surface area contributed by atoms with Gasteiger partial charge >= 0.3 is 0 Å². The Labute approximate surface area is 110 Å². The van der Waals surface area contributed by atoms with E-state index in [9.17, 15) is 18.7 Å². The first-order chi connectivity index (χ1) is 9.04. The smallest absolute Gasteiger partial charge is 0.224 e. The molecular weight excluding hydrogens is 252 g/mol. The molecule has 1 aliphatic rings. The third kappa shape index (κ3) is 3.99. The molecule has 104 valence electrons. The zero-order chi connectivity index (χ0) is 13.8. The van der Waals surface area contributed by atoms with Crippen LogP contribution in [-0.4, -0.2) is 23.7 Å². The highest BCUT2D eigenvalue weighted by molar-refractivity contribution is 5.78. The van der Waals surface area contributed by atoms with E-state index in [4.69, 9.17) is 0 Å². The van der Waals surface area contributed by atoms with E-state index in [1.807, 2.05) is 0 Å². The molecule has 5 heteroatoms. The van der Waals surface area contributed by atoms with E-state index in [0.29, 0.717) is 24.4 Å². The predicted octanol–water partition coefficient (Wildman–Crippen LogP) is 1.78. The average Bonchev–Trinajstić information content (AvgIpc) is 2.77. The number of amides is 1. The number of carbonyl (C=O) groups excluding carboxylic acids is 1. The molecule has 0 heterocycles. The fourth-order valence-corrected chi connectivity index (χ4v) is 2.39. The normalized spacial score (nSPS) is 22.5. The van der Waals surface area contributed by atoms with Gasteiger partial charge in [-0.2, -0.15) is 0 Å². The Morgan fingerprint density at radius 1 is 1.32 bits per heavy atom. The highest BCUT2D eigenvalue weighted by Gasteiger charge is 2.22. The van der Waals surface area contributed by atoms with Crippen molar-refractivity contribution >= 4 is 5.91 Å². The minimum absolute atomic E-state index is 0.0342. The third-order valence-electron chi connectivity index (χ3n) is 3.45. The van der Waals surface area contributed by atoms with Crippen LogP contribution in [0, 0.1) is 17.6 Å². The van der Waals surface area contributed by atoms with Gasteiger partial charge in [-0.05, 0) is 42.9 Å². The Kier molecular flexibility index (Phi) is 4.47. The first-order valence-corrected chi connectivity index (χ1v) is 6.43. The number of aliphatic hydroxyl groups excluding tert-OH is 1. The van der Waals surface area contributed by atoms with Crippen LogP contribution in [-0.2, 0) is 11.2 Å². The molecule has 1 saturated carbocycles. The predicted molar refractivity (Wildman–Crippen MR) is 66.4 cm³/mol. The molecule has 0 saturated heterocycles. The minimum Gasteiger partial charge on any atom is -0.393 e. The van der Waals surface area contributed by atoms with Crippen LogP contribution in [0.5, 0.6) is 0 Å². The van der Waals surface area contributed by atoms with E-state index >= 15 is 0 Å². The fourth-order valence-electron chi connectivity index (χ4n) is 2.39. The molecule has 1 aromatic carbocycles. The summed E-state index contributed by atoms with van der Waals surface area (Å²) in [6, 6.07) is 3.46. The standard InChI is InChI=1S/C14H17F2NO2/c15-12-4-2-9(6-13(12)16)7-14(19)17-8-10-1-3-11(18)5-10/h2,4,6,10-11,18H,1,3,5,7-8H2,(H,17,19). The Morgan fingerprint density at radius 2 is 2.11 bits per heavy atom. The summed E-state index contributed by atoms with van der Waals surface area (Å²) in [7, 11) is 0. The molecular formula is C14H17F2NO2. The molecule has 0 spiro atoms. The van der Waals surface area contributed by atoms with Crippen LogP contribution in [0.4, 0.5) is 8.78 Å². The Balaban J connectivity index is 1.79. The van der Waals surface area contributed by atoms with Gasteiger partial charge < -0.3 is 10.4 Å². The molecule has 2 unspecified atom stereocenters. The monoisotopic (exact) mass is 269 g/mol. The third-order valence-corrected chi connectivity index (χ3v) is 3.45. The number of nitrogens with one attached hydrogen (secondary N) is 1. The minimum atomic E-state index is -0.941. The molecule has 3 nitrogen and oxygen atoms in total. The van der Waals surface area contributed by atoms with Crippen molar-refractivity contribution in [3.63, 3.8) is 0 Å². The zero-order valence-corrected chi connectivity index (χ0v) is 10.5. The lowest BCUT2D eigenvalue weighted by Crippen LogP contribution is -2.30. The second-order valence-electron chi connectivity index (χ2n) is 5.06. The number of halogens is 2. The second-order valence-corrected chi connectivity index (χ2v) is 5.06. The molecule has 1 aliphatic carbocycles. The van der Waals surface area contributed by atoms with E-state index in [-0.39, 0.29) is 18.4 Å². The molecule has 0 bridgehead atoms. The first kappa shape index (κ1) is 13.9. The summed E-state index contributed by atoms with van der Waals surface area (Å²) in [5.74, 6) is -1.76. The molecule has 1 fully saturated rings. The van der Waals surface area contributed by atoms with Crippen molar-refractivity contribution < 1.29 is 18.7 Å². The van der Waals surface area contributed by atoms with Gasteiger partial charge in [0.25, 0.3) is 0 Å². The highest BCUT2D eigenvalue weighted by atomic mass is 19.2. The zero-order valence-electron chi connectivity index (χ0n) is 10.5. The van der Waals surface area contributed by atoms with Gasteiger partial charge in [-0.25, -0.2) is 8.78 Å². The van der Waals surface area contributed by atoms with Crippen LogP contribution in [0.3, 0.4) is 0 Å². The molecule has 19 heavy (non-hydrogen) atoms. The van der Waals surface area contributed by atoms with Crippen LogP contribution in [0.25, 0.3) is 0 Å². The number of hydrogen-bond acceptors (Lipinski definition) is 2. The summed E-state index contributed by atoms with van der Waals surface area (Å²) in [5.41, 5.74) is 0.447. The molecule has 0 aromatic heterocycles. The molecule has 1 amide bonds. The van der Waals surface area contributed by atoms with E-state index in [0.717, 1.165) is 25.0 Å². The van der Waals surface area contributed by atoms with Crippen molar-refractivity contribution in [2.45, 2.75) is 31.8 Å². The maximum absolute atomic E-state index is 13.0. The van der Waals surface area contributed by atoms with E-state index in [1.165, 1.54) is 6.07 Å². The number of rotatable bonds is 4. The van der Waals surface area contributed by atoms with Gasteiger partial charge in [0.05, 0.1) is 12.5 Å². The van der Waals surface area contributed by atoms with E-state index < -0.39 is 11.6 Å². The van der Waals surface area contributed by atoms with Crippen LogP contribution in [0.1, 0.15) is 24.8 Å². The summed E-state index contributed by atoms with van der Waals surface area (Å²) in [6.07, 6.45) is 2.18. The Bertz CT molecular complexity index is 465. The van der Waals surface area contributed by atoms with Gasteiger partial charge in [0.1, 0.15) is 0 Å². The summed E-state index contributed by atoms with van der Waals surface area (Å²) >= 11 is 0. The summed E-state index contributed by atoms with van der Waals surface area (Å²) in [6.45, 7) is 0.527. The van der Waals surface area contributed by atoms with Crippen LogP contribution in [0.2, 0.25) is 0 Å².